The minimum atomic E-state index is -0.381. The first-order valence-electron chi connectivity index (χ1n) is 7.45. The molecule has 2 heterocycles. The molecule has 7 nitrogen and oxygen atoms in total. The van der Waals surface area contributed by atoms with Gasteiger partial charge in [-0.15, -0.1) is 0 Å². The van der Waals surface area contributed by atoms with Crippen LogP contribution in [0.15, 0.2) is 15.0 Å². The van der Waals surface area contributed by atoms with Crippen molar-refractivity contribution < 1.29 is 4.92 Å². The molecule has 3 rings (SSSR count). The lowest BCUT2D eigenvalue weighted by molar-refractivity contribution is -0.384. The number of piperazine rings is 1. The fourth-order valence-electron chi connectivity index (χ4n) is 3.01. The van der Waals surface area contributed by atoms with Crippen molar-refractivity contribution in [3.63, 3.8) is 0 Å². The molecular weight excluding hydrogens is 430 g/mol. The zero-order chi connectivity index (χ0) is 16.7. The van der Waals surface area contributed by atoms with Gasteiger partial charge in [0, 0.05) is 36.7 Å². The first-order valence-corrected chi connectivity index (χ1v) is 9.03. The van der Waals surface area contributed by atoms with Crippen molar-refractivity contribution in [2.45, 2.75) is 26.4 Å². The van der Waals surface area contributed by atoms with Crippen LogP contribution in [0, 0.1) is 10.1 Å². The second-order valence-electron chi connectivity index (χ2n) is 5.60. The van der Waals surface area contributed by atoms with Crippen LogP contribution in [-0.2, 0) is 6.54 Å². The Morgan fingerprint density at radius 1 is 1.52 bits per heavy atom. The highest BCUT2D eigenvalue weighted by atomic mass is 79.9. The van der Waals surface area contributed by atoms with Gasteiger partial charge in [0.05, 0.1) is 10.4 Å². The molecular formula is C14H17Br2N5O2. The fraction of sp³-hybridized carbons (Fsp3) is 0.500. The van der Waals surface area contributed by atoms with Crippen LogP contribution < -0.4 is 10.2 Å². The first kappa shape index (κ1) is 16.7. The highest BCUT2D eigenvalue weighted by Crippen LogP contribution is 2.40. The Bertz CT molecular complexity index is 776. The number of imidazole rings is 1. The Balaban J connectivity index is 2.24. The maximum Gasteiger partial charge on any atom is 0.312 e. The molecule has 124 valence electrons. The number of nitro groups is 1. The summed E-state index contributed by atoms with van der Waals surface area (Å²) in [6.07, 6.45) is 0. The molecule has 1 atom stereocenters. The van der Waals surface area contributed by atoms with E-state index in [4.69, 9.17) is 0 Å². The molecule has 1 aromatic heterocycles. The van der Waals surface area contributed by atoms with E-state index in [0.717, 1.165) is 31.1 Å². The number of aromatic nitrogens is 2. The van der Waals surface area contributed by atoms with Crippen molar-refractivity contribution in [2.75, 3.05) is 24.5 Å². The summed E-state index contributed by atoms with van der Waals surface area (Å²) in [5.74, 6) is 0.795. The summed E-state index contributed by atoms with van der Waals surface area (Å²) in [4.78, 5) is 18.0. The predicted octanol–water partition coefficient (Wildman–Crippen LogP) is 3.29. The minimum absolute atomic E-state index is 0.00556. The Kier molecular flexibility index (Phi) is 4.61. The molecule has 1 aliphatic rings. The lowest BCUT2D eigenvalue weighted by Crippen LogP contribution is -2.50. The minimum Gasteiger partial charge on any atom is -0.339 e. The Labute approximate surface area is 150 Å². The van der Waals surface area contributed by atoms with Gasteiger partial charge in [0.15, 0.2) is 5.52 Å². The van der Waals surface area contributed by atoms with Gasteiger partial charge in [-0.05, 0) is 51.8 Å². The summed E-state index contributed by atoms with van der Waals surface area (Å²) in [5.41, 5.74) is 1.20. The van der Waals surface area contributed by atoms with Crippen molar-refractivity contribution in [2.24, 2.45) is 0 Å². The predicted molar refractivity (Wildman–Crippen MR) is 97.1 cm³/mol. The van der Waals surface area contributed by atoms with Crippen LogP contribution in [-0.4, -0.2) is 40.2 Å². The quantitative estimate of drug-likeness (QED) is 0.578. The highest BCUT2D eigenvalue weighted by molar-refractivity contribution is 9.13. The van der Waals surface area contributed by atoms with Gasteiger partial charge in [-0.1, -0.05) is 0 Å². The molecule has 1 saturated heterocycles. The van der Waals surface area contributed by atoms with Gasteiger partial charge in [0.25, 0.3) is 0 Å². The average molecular weight is 447 g/mol. The molecule has 2 aromatic rings. The molecule has 1 N–H and O–H groups in total. The van der Waals surface area contributed by atoms with Crippen molar-refractivity contribution in [1.29, 1.82) is 0 Å². The SMILES string of the molecule is CCn1c(N2CCNC(C)C2)nc2c([N+](=O)[O-])c(Br)c(Br)cc21. The van der Waals surface area contributed by atoms with Gasteiger partial charge in [0.1, 0.15) is 4.47 Å². The third kappa shape index (κ3) is 2.85. The van der Waals surface area contributed by atoms with Crippen LogP contribution in [0.3, 0.4) is 0 Å². The van der Waals surface area contributed by atoms with E-state index in [1.165, 1.54) is 0 Å². The smallest absolute Gasteiger partial charge is 0.312 e. The molecule has 1 fully saturated rings. The lowest BCUT2D eigenvalue weighted by atomic mass is 10.2. The number of fused-ring (bicyclic) bond motifs is 1. The number of rotatable bonds is 3. The van der Waals surface area contributed by atoms with Crippen molar-refractivity contribution >= 4 is 54.5 Å². The van der Waals surface area contributed by atoms with E-state index in [2.05, 4.69) is 54.0 Å². The molecule has 1 aromatic carbocycles. The molecule has 0 spiro atoms. The van der Waals surface area contributed by atoms with Gasteiger partial charge in [0.2, 0.25) is 5.95 Å². The summed E-state index contributed by atoms with van der Waals surface area (Å²) in [6, 6.07) is 2.25. The van der Waals surface area contributed by atoms with E-state index in [0.29, 0.717) is 27.0 Å². The Hall–Kier alpha value is -1.19. The van der Waals surface area contributed by atoms with Gasteiger partial charge in [-0.3, -0.25) is 10.1 Å². The molecule has 0 amide bonds. The second-order valence-corrected chi connectivity index (χ2v) is 7.25. The van der Waals surface area contributed by atoms with E-state index >= 15 is 0 Å². The normalized spacial score (nSPS) is 18.6. The largest absolute Gasteiger partial charge is 0.339 e. The van der Waals surface area contributed by atoms with Gasteiger partial charge in [-0.2, -0.15) is 0 Å². The summed E-state index contributed by atoms with van der Waals surface area (Å²) in [5, 5.41) is 14.9. The van der Waals surface area contributed by atoms with Crippen molar-refractivity contribution in [3.05, 3.63) is 25.1 Å². The zero-order valence-corrected chi connectivity index (χ0v) is 16.0. The fourth-order valence-corrected chi connectivity index (χ4v) is 3.86. The van der Waals surface area contributed by atoms with Gasteiger partial charge in [-0.25, -0.2) is 4.98 Å². The molecule has 0 saturated carbocycles. The van der Waals surface area contributed by atoms with Crippen LogP contribution in [0.5, 0.6) is 0 Å². The molecule has 1 aliphatic heterocycles. The number of nitrogens with zero attached hydrogens (tertiary/aromatic N) is 4. The number of nitrogens with one attached hydrogen (secondary N) is 1. The second kappa shape index (κ2) is 6.37. The van der Waals surface area contributed by atoms with Gasteiger partial charge < -0.3 is 14.8 Å². The highest BCUT2D eigenvalue weighted by Gasteiger charge is 2.28. The third-order valence-corrected chi connectivity index (χ3v) is 6.00. The number of benzene rings is 1. The van der Waals surface area contributed by atoms with Crippen molar-refractivity contribution in [3.8, 4) is 0 Å². The van der Waals surface area contributed by atoms with Crippen LogP contribution in [0.1, 0.15) is 13.8 Å². The lowest BCUT2D eigenvalue weighted by Gasteiger charge is -2.32. The summed E-state index contributed by atoms with van der Waals surface area (Å²) in [7, 11) is 0. The maximum atomic E-state index is 11.5. The molecule has 1 unspecified atom stereocenters. The number of halogens is 2. The topological polar surface area (TPSA) is 76.2 Å². The first-order chi connectivity index (χ1) is 10.9. The summed E-state index contributed by atoms with van der Waals surface area (Å²) < 4.78 is 3.12. The number of hydrogen-bond donors (Lipinski definition) is 1. The van der Waals surface area contributed by atoms with Crippen LogP contribution in [0.4, 0.5) is 11.6 Å². The van der Waals surface area contributed by atoms with Crippen LogP contribution in [0.2, 0.25) is 0 Å². The molecule has 0 bridgehead atoms. The summed E-state index contributed by atoms with van der Waals surface area (Å²) in [6.45, 7) is 7.40. The van der Waals surface area contributed by atoms with E-state index in [1.54, 1.807) is 0 Å². The van der Waals surface area contributed by atoms with Crippen LogP contribution >= 0.6 is 31.9 Å². The van der Waals surface area contributed by atoms with Crippen molar-refractivity contribution in [1.82, 2.24) is 14.9 Å². The maximum absolute atomic E-state index is 11.5. The standard InChI is InChI=1S/C14H17Br2N5O2/c1-3-20-10-6-9(15)11(16)13(21(22)23)12(10)18-14(20)19-5-4-17-8(2)7-19/h6,8,17H,3-5,7H2,1-2H3. The number of anilines is 1. The Morgan fingerprint density at radius 2 is 2.26 bits per heavy atom. The number of aryl methyl sites for hydroxylation is 1. The van der Waals surface area contributed by atoms with Crippen LogP contribution in [0.25, 0.3) is 11.0 Å². The van der Waals surface area contributed by atoms with Gasteiger partial charge >= 0.3 is 5.69 Å². The molecule has 0 aliphatic carbocycles. The number of hydrogen-bond acceptors (Lipinski definition) is 5. The molecule has 23 heavy (non-hydrogen) atoms. The molecule has 0 radical (unpaired) electrons. The molecule has 9 heteroatoms. The number of nitro benzene ring substituents is 1. The summed E-state index contributed by atoms with van der Waals surface area (Å²) >= 11 is 6.70. The Morgan fingerprint density at radius 3 is 2.87 bits per heavy atom. The average Bonchev–Trinajstić information content (AvgIpc) is 2.85. The van der Waals surface area contributed by atoms with E-state index in [-0.39, 0.29) is 10.6 Å². The van der Waals surface area contributed by atoms with E-state index in [9.17, 15) is 10.1 Å². The zero-order valence-electron chi connectivity index (χ0n) is 12.8. The monoisotopic (exact) mass is 445 g/mol. The van der Waals surface area contributed by atoms with E-state index < -0.39 is 0 Å². The third-order valence-electron chi connectivity index (χ3n) is 4.04. The van der Waals surface area contributed by atoms with E-state index in [1.807, 2.05) is 17.6 Å².